The Morgan fingerprint density at radius 2 is 1.75 bits per heavy atom. The first kappa shape index (κ1) is 16.2. The van der Waals surface area contributed by atoms with Crippen LogP contribution in [0.15, 0.2) is 54.6 Å². The van der Waals surface area contributed by atoms with Crippen molar-refractivity contribution in [3.8, 4) is 5.75 Å². The minimum Gasteiger partial charge on any atom is -0.493 e. The van der Waals surface area contributed by atoms with Crippen molar-refractivity contribution in [1.29, 1.82) is 0 Å². The number of benzene rings is 2. The summed E-state index contributed by atoms with van der Waals surface area (Å²) >= 11 is 0. The van der Waals surface area contributed by atoms with E-state index in [0.29, 0.717) is 38.0 Å². The Morgan fingerprint density at radius 3 is 2.58 bits per heavy atom. The normalized spacial score (nSPS) is 15.4. The van der Waals surface area contributed by atoms with Gasteiger partial charge in [-0.15, -0.1) is 0 Å². The van der Waals surface area contributed by atoms with E-state index in [9.17, 15) is 9.59 Å². The van der Waals surface area contributed by atoms with E-state index in [4.69, 9.17) is 4.74 Å². The molecule has 4 nitrogen and oxygen atoms in total. The third-order valence-corrected chi connectivity index (χ3v) is 4.25. The van der Waals surface area contributed by atoms with E-state index in [0.717, 1.165) is 11.3 Å². The lowest BCUT2D eigenvalue weighted by molar-refractivity contribution is -0.121. The number of hydrogen-bond donors (Lipinski definition) is 1. The van der Waals surface area contributed by atoms with Crippen molar-refractivity contribution in [2.24, 2.45) is 0 Å². The zero-order valence-corrected chi connectivity index (χ0v) is 13.5. The van der Waals surface area contributed by atoms with Gasteiger partial charge >= 0.3 is 0 Å². The lowest BCUT2D eigenvalue weighted by atomic mass is 10.0. The highest BCUT2D eigenvalue weighted by Crippen LogP contribution is 2.32. The molecular formula is C20H21NO3. The molecule has 1 aliphatic heterocycles. The molecule has 1 aliphatic rings. The maximum Gasteiger partial charge on any atom is 0.220 e. The number of rotatable bonds is 7. The summed E-state index contributed by atoms with van der Waals surface area (Å²) < 4.78 is 5.61. The second-order valence-electron chi connectivity index (χ2n) is 5.99. The second kappa shape index (κ2) is 7.77. The highest BCUT2D eigenvalue weighted by atomic mass is 16.5. The van der Waals surface area contributed by atoms with E-state index in [-0.39, 0.29) is 17.6 Å². The van der Waals surface area contributed by atoms with E-state index in [1.54, 1.807) is 12.1 Å². The van der Waals surface area contributed by atoms with E-state index >= 15 is 0 Å². The molecule has 1 atom stereocenters. The molecular weight excluding hydrogens is 302 g/mol. The van der Waals surface area contributed by atoms with Crippen molar-refractivity contribution in [2.45, 2.75) is 25.2 Å². The number of hydrogen-bond acceptors (Lipinski definition) is 3. The van der Waals surface area contributed by atoms with Gasteiger partial charge in [-0.2, -0.15) is 0 Å². The second-order valence-corrected chi connectivity index (χ2v) is 5.99. The number of fused-ring (bicyclic) bond motifs is 1. The first-order chi connectivity index (χ1) is 11.7. The summed E-state index contributed by atoms with van der Waals surface area (Å²) in [6.45, 7) is 1.18. The third kappa shape index (κ3) is 4.02. The Morgan fingerprint density at radius 1 is 1.00 bits per heavy atom. The standard InChI is InChI=1S/C20H21NO3/c22-18(15-7-2-1-3-8-15)10-6-12-20(23)21-13-16-14-24-19-11-5-4-9-17(16)19/h1-5,7-9,11,16H,6,10,12-14H2,(H,21,23). The first-order valence-electron chi connectivity index (χ1n) is 8.30. The SMILES string of the molecule is O=C(CCCC(=O)c1ccccc1)NCC1COc2ccccc21. The highest BCUT2D eigenvalue weighted by Gasteiger charge is 2.23. The van der Waals surface area contributed by atoms with Crippen molar-refractivity contribution < 1.29 is 14.3 Å². The van der Waals surface area contributed by atoms with Gasteiger partial charge in [0.2, 0.25) is 5.91 Å². The van der Waals surface area contributed by atoms with Crippen LogP contribution < -0.4 is 10.1 Å². The van der Waals surface area contributed by atoms with Gasteiger partial charge in [-0.1, -0.05) is 48.5 Å². The zero-order chi connectivity index (χ0) is 16.8. The van der Waals surface area contributed by atoms with Gasteiger partial charge in [0.1, 0.15) is 5.75 Å². The molecule has 0 aliphatic carbocycles. The van der Waals surface area contributed by atoms with Gasteiger partial charge in [-0.05, 0) is 12.5 Å². The molecule has 0 bridgehead atoms. The molecule has 0 radical (unpaired) electrons. The third-order valence-electron chi connectivity index (χ3n) is 4.25. The minimum atomic E-state index is -0.0137. The lowest BCUT2D eigenvalue weighted by Gasteiger charge is -2.10. The fraction of sp³-hybridized carbons (Fsp3) is 0.300. The molecule has 3 rings (SSSR count). The number of ether oxygens (including phenoxy) is 1. The molecule has 0 spiro atoms. The first-order valence-corrected chi connectivity index (χ1v) is 8.30. The number of ketones is 1. The molecule has 1 amide bonds. The molecule has 0 saturated carbocycles. The largest absolute Gasteiger partial charge is 0.493 e. The summed E-state index contributed by atoms with van der Waals surface area (Å²) in [6, 6.07) is 17.1. The number of nitrogens with one attached hydrogen (secondary N) is 1. The Kier molecular flexibility index (Phi) is 5.26. The molecule has 1 unspecified atom stereocenters. The zero-order valence-electron chi connectivity index (χ0n) is 13.5. The van der Waals surface area contributed by atoms with Crippen LogP contribution in [0.25, 0.3) is 0 Å². The lowest BCUT2D eigenvalue weighted by Crippen LogP contribution is -2.28. The minimum absolute atomic E-state index is 0.0137. The van der Waals surface area contributed by atoms with Crippen molar-refractivity contribution in [1.82, 2.24) is 5.32 Å². The summed E-state index contributed by atoms with van der Waals surface area (Å²) in [7, 11) is 0. The van der Waals surface area contributed by atoms with Crippen LogP contribution in [0.2, 0.25) is 0 Å². The summed E-state index contributed by atoms with van der Waals surface area (Å²) in [5.74, 6) is 1.18. The number of para-hydroxylation sites is 1. The molecule has 124 valence electrons. The van der Waals surface area contributed by atoms with Crippen molar-refractivity contribution in [3.05, 3.63) is 65.7 Å². The van der Waals surface area contributed by atoms with Gasteiger partial charge in [-0.25, -0.2) is 0 Å². The van der Waals surface area contributed by atoms with E-state index in [2.05, 4.69) is 5.32 Å². The van der Waals surface area contributed by atoms with Gasteiger partial charge < -0.3 is 10.1 Å². The van der Waals surface area contributed by atoms with Gasteiger partial charge in [0, 0.05) is 36.4 Å². The molecule has 0 fully saturated rings. The summed E-state index contributed by atoms with van der Waals surface area (Å²) in [4.78, 5) is 23.9. The van der Waals surface area contributed by atoms with E-state index in [1.807, 2.05) is 42.5 Å². The van der Waals surface area contributed by atoms with Gasteiger partial charge in [0.25, 0.3) is 0 Å². The molecule has 0 saturated heterocycles. The van der Waals surface area contributed by atoms with Crippen LogP contribution in [0, 0.1) is 0 Å². The molecule has 1 N–H and O–H groups in total. The number of carbonyl (C=O) groups is 2. The summed E-state index contributed by atoms with van der Waals surface area (Å²) in [5, 5.41) is 2.95. The summed E-state index contributed by atoms with van der Waals surface area (Å²) in [5.41, 5.74) is 1.86. The van der Waals surface area contributed by atoms with Crippen LogP contribution >= 0.6 is 0 Å². The van der Waals surface area contributed by atoms with Crippen molar-refractivity contribution in [3.63, 3.8) is 0 Å². The Bertz CT molecular complexity index is 712. The van der Waals surface area contributed by atoms with Gasteiger partial charge in [0.15, 0.2) is 5.78 Å². The monoisotopic (exact) mass is 323 g/mol. The van der Waals surface area contributed by atoms with Gasteiger partial charge in [0.05, 0.1) is 6.61 Å². The van der Waals surface area contributed by atoms with E-state index < -0.39 is 0 Å². The van der Waals surface area contributed by atoms with Crippen molar-refractivity contribution >= 4 is 11.7 Å². The molecule has 2 aromatic carbocycles. The molecule has 2 aromatic rings. The topological polar surface area (TPSA) is 55.4 Å². The number of amides is 1. The fourth-order valence-corrected chi connectivity index (χ4v) is 2.90. The van der Waals surface area contributed by atoms with Crippen molar-refractivity contribution in [2.75, 3.05) is 13.2 Å². The van der Waals surface area contributed by atoms with Crippen LogP contribution in [0.4, 0.5) is 0 Å². The van der Waals surface area contributed by atoms with Gasteiger partial charge in [-0.3, -0.25) is 9.59 Å². The maximum absolute atomic E-state index is 12.0. The van der Waals surface area contributed by atoms with Crippen LogP contribution in [0.5, 0.6) is 5.75 Å². The Balaban J connectivity index is 1.39. The number of Topliss-reactive ketones (excluding diaryl/α,β-unsaturated/α-hetero) is 1. The van der Waals surface area contributed by atoms with Crippen LogP contribution in [0.3, 0.4) is 0 Å². The fourth-order valence-electron chi connectivity index (χ4n) is 2.90. The Labute approximate surface area is 141 Å². The average Bonchev–Trinajstić information content (AvgIpc) is 3.04. The molecule has 24 heavy (non-hydrogen) atoms. The number of carbonyl (C=O) groups excluding carboxylic acids is 2. The predicted molar refractivity (Wildman–Crippen MR) is 92.3 cm³/mol. The van der Waals surface area contributed by atoms with Crippen LogP contribution in [0.1, 0.15) is 41.1 Å². The summed E-state index contributed by atoms with van der Waals surface area (Å²) in [6.07, 6.45) is 1.33. The maximum atomic E-state index is 12.0. The van der Waals surface area contributed by atoms with Crippen LogP contribution in [-0.2, 0) is 4.79 Å². The quantitative estimate of drug-likeness (QED) is 0.795. The average molecular weight is 323 g/mol. The molecule has 4 heteroatoms. The predicted octanol–water partition coefficient (Wildman–Crippen LogP) is 3.33. The molecule has 1 heterocycles. The Hall–Kier alpha value is -2.62. The van der Waals surface area contributed by atoms with E-state index in [1.165, 1.54) is 0 Å². The molecule has 0 aromatic heterocycles. The van der Waals surface area contributed by atoms with Crippen LogP contribution in [-0.4, -0.2) is 24.8 Å². The highest BCUT2D eigenvalue weighted by molar-refractivity contribution is 5.96. The smallest absolute Gasteiger partial charge is 0.220 e.